The summed E-state index contributed by atoms with van der Waals surface area (Å²) in [4.78, 5) is 0. The van der Waals surface area contributed by atoms with Crippen LogP contribution in [0, 0.1) is 11.3 Å². The molecule has 1 aliphatic rings. The van der Waals surface area contributed by atoms with E-state index in [4.69, 9.17) is 5.26 Å². The van der Waals surface area contributed by atoms with Crippen LogP contribution in [0.25, 0.3) is 0 Å². The molecule has 3 nitrogen and oxygen atoms in total. The maximum absolute atomic E-state index is 8.43. The van der Waals surface area contributed by atoms with Crippen molar-refractivity contribution in [1.82, 2.24) is 5.43 Å². The van der Waals surface area contributed by atoms with Gasteiger partial charge in [-0.1, -0.05) is 0 Å². The molecule has 72 valence electrons. The first kappa shape index (κ1) is 10.4. The number of thioether (sulfide) groups is 1. The Hall–Kier alpha value is -0.690. The second-order valence-corrected chi connectivity index (χ2v) is 4.41. The summed E-state index contributed by atoms with van der Waals surface area (Å²) in [5.41, 5.74) is 4.26. The predicted octanol–water partition coefficient (Wildman–Crippen LogP) is 1.76. The molecule has 0 amide bonds. The average molecular weight is 197 g/mol. The summed E-state index contributed by atoms with van der Waals surface area (Å²) in [6.45, 7) is 1.98. The van der Waals surface area contributed by atoms with Crippen LogP contribution in [0.5, 0.6) is 0 Å². The summed E-state index contributed by atoms with van der Waals surface area (Å²) in [7, 11) is 0. The van der Waals surface area contributed by atoms with Crippen molar-refractivity contribution in [3.05, 3.63) is 0 Å². The number of hydrogen-bond acceptors (Lipinski definition) is 4. The maximum Gasteiger partial charge on any atom is 0.0643 e. The number of rotatable bonds is 3. The summed E-state index contributed by atoms with van der Waals surface area (Å²) < 4.78 is 0. The van der Waals surface area contributed by atoms with E-state index in [0.717, 1.165) is 12.8 Å². The van der Waals surface area contributed by atoms with Gasteiger partial charge in [0.1, 0.15) is 0 Å². The molecule has 1 N–H and O–H groups in total. The van der Waals surface area contributed by atoms with Crippen LogP contribution in [0.2, 0.25) is 0 Å². The lowest BCUT2D eigenvalue weighted by atomic mass is 10.2. The van der Waals surface area contributed by atoms with E-state index in [1.165, 1.54) is 17.2 Å². The standard InChI is InChI=1S/C9H15N3S/c1-8(2-5-10)11-12-9-3-6-13-7-4-9/h8,11H,2-4,6-7H2,1H3. The van der Waals surface area contributed by atoms with E-state index >= 15 is 0 Å². The first-order valence-corrected chi connectivity index (χ1v) is 5.74. The third-order valence-electron chi connectivity index (χ3n) is 1.91. The Morgan fingerprint density at radius 3 is 2.92 bits per heavy atom. The van der Waals surface area contributed by atoms with Crippen LogP contribution in [0.4, 0.5) is 0 Å². The zero-order valence-electron chi connectivity index (χ0n) is 7.92. The van der Waals surface area contributed by atoms with Crippen molar-refractivity contribution in [3.63, 3.8) is 0 Å². The fourth-order valence-electron chi connectivity index (χ4n) is 1.10. The molecule has 4 heteroatoms. The van der Waals surface area contributed by atoms with Crippen molar-refractivity contribution in [3.8, 4) is 6.07 Å². The molecule has 13 heavy (non-hydrogen) atoms. The third-order valence-corrected chi connectivity index (χ3v) is 2.90. The summed E-state index contributed by atoms with van der Waals surface area (Å²) in [6.07, 6.45) is 2.71. The lowest BCUT2D eigenvalue weighted by molar-refractivity contribution is 0.581. The molecule has 0 bridgehead atoms. The Bertz CT molecular complexity index is 211. The fraction of sp³-hybridized carbons (Fsp3) is 0.778. The molecule has 0 spiro atoms. The lowest BCUT2D eigenvalue weighted by Crippen LogP contribution is -2.23. The van der Waals surface area contributed by atoms with E-state index in [1.54, 1.807) is 0 Å². The molecule has 1 atom stereocenters. The Morgan fingerprint density at radius 1 is 1.62 bits per heavy atom. The monoisotopic (exact) mass is 197 g/mol. The lowest BCUT2D eigenvalue weighted by Gasteiger charge is -2.14. The van der Waals surface area contributed by atoms with E-state index in [2.05, 4.69) is 16.6 Å². The molecule has 1 fully saturated rings. The minimum Gasteiger partial charge on any atom is -0.306 e. The van der Waals surface area contributed by atoms with Gasteiger partial charge in [-0.05, 0) is 31.3 Å². The maximum atomic E-state index is 8.43. The van der Waals surface area contributed by atoms with Crippen molar-refractivity contribution in [2.24, 2.45) is 5.10 Å². The molecular weight excluding hydrogens is 182 g/mol. The van der Waals surface area contributed by atoms with Gasteiger partial charge in [-0.2, -0.15) is 22.1 Å². The van der Waals surface area contributed by atoms with Gasteiger partial charge in [-0.25, -0.2) is 0 Å². The Morgan fingerprint density at radius 2 is 2.31 bits per heavy atom. The molecule has 0 aliphatic carbocycles. The minimum absolute atomic E-state index is 0.173. The third kappa shape index (κ3) is 4.18. The molecule has 0 aromatic rings. The highest BCUT2D eigenvalue weighted by Gasteiger charge is 2.07. The van der Waals surface area contributed by atoms with Crippen LogP contribution in [-0.2, 0) is 0 Å². The molecular formula is C9H15N3S. The molecule has 0 radical (unpaired) electrons. The molecule has 0 saturated carbocycles. The van der Waals surface area contributed by atoms with Gasteiger partial charge in [0.2, 0.25) is 0 Å². The highest BCUT2D eigenvalue weighted by Crippen LogP contribution is 2.14. The molecule has 0 aromatic carbocycles. The van der Waals surface area contributed by atoms with Gasteiger partial charge in [0.05, 0.1) is 18.5 Å². The smallest absolute Gasteiger partial charge is 0.0643 e. The largest absolute Gasteiger partial charge is 0.306 e. The van der Waals surface area contributed by atoms with Gasteiger partial charge in [0.25, 0.3) is 0 Å². The summed E-state index contributed by atoms with van der Waals surface area (Å²) in [5.74, 6) is 2.38. The Balaban J connectivity index is 2.25. The quantitative estimate of drug-likeness (QED) is 0.701. The minimum atomic E-state index is 0.173. The molecule has 1 rings (SSSR count). The fourth-order valence-corrected chi connectivity index (χ4v) is 2.07. The van der Waals surface area contributed by atoms with Crippen LogP contribution >= 0.6 is 11.8 Å². The van der Waals surface area contributed by atoms with Gasteiger partial charge < -0.3 is 5.43 Å². The summed E-state index contributed by atoms with van der Waals surface area (Å²) in [5, 5.41) is 12.7. The predicted molar refractivity (Wildman–Crippen MR) is 56.8 cm³/mol. The Labute approximate surface area is 83.6 Å². The van der Waals surface area contributed by atoms with Gasteiger partial charge in [0.15, 0.2) is 0 Å². The number of hydrazone groups is 1. The molecule has 1 aliphatic heterocycles. The van der Waals surface area contributed by atoms with Gasteiger partial charge in [-0.15, -0.1) is 0 Å². The highest BCUT2D eigenvalue weighted by atomic mass is 32.2. The molecule has 1 saturated heterocycles. The van der Waals surface area contributed by atoms with Gasteiger partial charge in [0, 0.05) is 5.71 Å². The first-order chi connectivity index (χ1) is 6.33. The topological polar surface area (TPSA) is 48.2 Å². The first-order valence-electron chi connectivity index (χ1n) is 4.58. The van der Waals surface area contributed by atoms with Crippen LogP contribution in [0.1, 0.15) is 26.2 Å². The second kappa shape index (κ2) is 5.87. The molecule has 1 unspecified atom stereocenters. The number of nitrogens with zero attached hydrogens (tertiary/aromatic N) is 2. The van der Waals surface area contributed by atoms with Crippen molar-refractivity contribution in [2.45, 2.75) is 32.2 Å². The highest BCUT2D eigenvalue weighted by molar-refractivity contribution is 7.99. The van der Waals surface area contributed by atoms with Crippen LogP contribution in [0.15, 0.2) is 5.10 Å². The van der Waals surface area contributed by atoms with Gasteiger partial charge in [-0.3, -0.25) is 0 Å². The van der Waals surface area contributed by atoms with E-state index in [0.29, 0.717) is 6.42 Å². The Kier molecular flexibility index (Phi) is 4.69. The van der Waals surface area contributed by atoms with Crippen LogP contribution in [0.3, 0.4) is 0 Å². The normalized spacial score (nSPS) is 18.9. The SMILES string of the molecule is CC(CC#N)NN=C1CCSCC1. The number of nitrogens with one attached hydrogen (secondary N) is 1. The summed E-state index contributed by atoms with van der Waals surface area (Å²) >= 11 is 1.98. The van der Waals surface area contributed by atoms with E-state index in [1.807, 2.05) is 18.7 Å². The average Bonchev–Trinajstić information content (AvgIpc) is 2.17. The van der Waals surface area contributed by atoms with Crippen molar-refractivity contribution < 1.29 is 0 Å². The number of nitriles is 1. The van der Waals surface area contributed by atoms with Crippen molar-refractivity contribution in [2.75, 3.05) is 11.5 Å². The zero-order valence-corrected chi connectivity index (χ0v) is 8.73. The van der Waals surface area contributed by atoms with E-state index in [-0.39, 0.29) is 6.04 Å². The number of hydrogen-bond donors (Lipinski definition) is 1. The second-order valence-electron chi connectivity index (χ2n) is 3.18. The zero-order chi connectivity index (χ0) is 9.52. The van der Waals surface area contributed by atoms with Gasteiger partial charge >= 0.3 is 0 Å². The van der Waals surface area contributed by atoms with Crippen molar-refractivity contribution >= 4 is 17.5 Å². The molecule has 1 heterocycles. The van der Waals surface area contributed by atoms with Crippen LogP contribution in [-0.4, -0.2) is 23.3 Å². The van der Waals surface area contributed by atoms with E-state index < -0.39 is 0 Å². The van der Waals surface area contributed by atoms with E-state index in [9.17, 15) is 0 Å². The van der Waals surface area contributed by atoms with Crippen LogP contribution < -0.4 is 5.43 Å². The summed E-state index contributed by atoms with van der Waals surface area (Å²) in [6, 6.07) is 2.29. The molecule has 0 aromatic heterocycles. The van der Waals surface area contributed by atoms with Crippen molar-refractivity contribution in [1.29, 1.82) is 5.26 Å².